The van der Waals surface area contributed by atoms with Crippen LogP contribution in [-0.2, 0) is 9.09 Å². The van der Waals surface area contributed by atoms with Gasteiger partial charge in [0.2, 0.25) is 0 Å². The molecule has 0 aliphatic heterocycles. The summed E-state index contributed by atoms with van der Waals surface area (Å²) in [4.78, 5) is 0. The van der Waals surface area contributed by atoms with E-state index in [2.05, 4.69) is 0 Å². The average Bonchev–Trinajstić information content (AvgIpc) is 2.53. The summed E-state index contributed by atoms with van der Waals surface area (Å²) in [7, 11) is -2.03. The smallest absolute Gasteiger partial charge is 0.395 e. The molecular weight excluding hydrogens is 315 g/mol. The third-order valence-corrected chi connectivity index (χ3v) is 4.19. The Kier molecular flexibility index (Phi) is 6.62. The zero-order chi connectivity index (χ0) is 16.5. The molecule has 0 spiro atoms. The van der Waals surface area contributed by atoms with Gasteiger partial charge in [0.15, 0.2) is 0 Å². The molecular formula is C16H21N2O4P. The van der Waals surface area contributed by atoms with Crippen LogP contribution in [0, 0.1) is 0 Å². The molecule has 2 aromatic carbocycles. The van der Waals surface area contributed by atoms with E-state index in [4.69, 9.17) is 19.4 Å². The van der Waals surface area contributed by atoms with Crippen LogP contribution in [0.25, 0.3) is 0 Å². The lowest BCUT2D eigenvalue weighted by molar-refractivity contribution is 0.196. The Labute approximate surface area is 136 Å². The summed E-state index contributed by atoms with van der Waals surface area (Å²) in [6.45, 7) is 0.815. The average molecular weight is 336 g/mol. The normalized spacial score (nSPS) is 11.4. The maximum atomic E-state index is 12.9. The summed E-state index contributed by atoms with van der Waals surface area (Å²) in [6, 6.07) is 17.6. The zero-order valence-corrected chi connectivity index (χ0v) is 13.9. The maximum Gasteiger partial charge on any atom is 0.587 e. The molecule has 0 bridgehead atoms. The highest BCUT2D eigenvalue weighted by molar-refractivity contribution is 7.49. The van der Waals surface area contributed by atoms with E-state index in [-0.39, 0.29) is 6.61 Å². The minimum Gasteiger partial charge on any atom is -0.395 e. The van der Waals surface area contributed by atoms with Gasteiger partial charge >= 0.3 is 7.82 Å². The standard InChI is InChI=1S/C16H21N2O4P/c1-18(17)13-8-14-20-23(19,21-15-9-4-2-5-10-15)22-16-11-6-3-7-12-16/h2-7,9-12H,8,13-14,17H2,1H3. The van der Waals surface area contributed by atoms with Crippen LogP contribution in [0.3, 0.4) is 0 Å². The molecule has 23 heavy (non-hydrogen) atoms. The number of phosphoric acid groups is 1. The third kappa shape index (κ3) is 6.42. The van der Waals surface area contributed by atoms with E-state index in [1.807, 2.05) is 12.1 Å². The van der Waals surface area contributed by atoms with Gasteiger partial charge < -0.3 is 9.05 Å². The van der Waals surface area contributed by atoms with E-state index in [0.717, 1.165) is 0 Å². The molecule has 6 nitrogen and oxygen atoms in total. The Morgan fingerprint density at radius 1 is 0.957 bits per heavy atom. The number of hydrazine groups is 1. The van der Waals surface area contributed by atoms with Crippen molar-refractivity contribution in [2.45, 2.75) is 6.42 Å². The Bertz CT molecular complexity index is 577. The van der Waals surface area contributed by atoms with Gasteiger partial charge in [0.05, 0.1) is 6.61 Å². The van der Waals surface area contributed by atoms with E-state index >= 15 is 0 Å². The first-order chi connectivity index (χ1) is 11.1. The molecule has 0 heterocycles. The highest BCUT2D eigenvalue weighted by atomic mass is 31.2. The summed E-state index contributed by atoms with van der Waals surface area (Å²) < 4.78 is 29.3. The van der Waals surface area contributed by atoms with Crippen molar-refractivity contribution in [3.8, 4) is 11.5 Å². The zero-order valence-electron chi connectivity index (χ0n) is 13.0. The van der Waals surface area contributed by atoms with Crippen molar-refractivity contribution in [3.05, 3.63) is 60.7 Å². The fourth-order valence-electron chi connectivity index (χ4n) is 1.78. The summed E-state index contributed by atoms with van der Waals surface area (Å²) in [5, 5.41) is 1.53. The van der Waals surface area contributed by atoms with Crippen molar-refractivity contribution in [2.75, 3.05) is 20.2 Å². The molecule has 124 valence electrons. The third-order valence-electron chi connectivity index (χ3n) is 2.83. The van der Waals surface area contributed by atoms with Crippen molar-refractivity contribution in [1.82, 2.24) is 5.01 Å². The summed E-state index contributed by atoms with van der Waals surface area (Å²) in [6.07, 6.45) is 0.604. The number of phosphoric ester groups is 1. The lowest BCUT2D eigenvalue weighted by Gasteiger charge is -2.19. The molecule has 0 saturated heterocycles. The van der Waals surface area contributed by atoms with Crippen molar-refractivity contribution in [3.63, 3.8) is 0 Å². The van der Waals surface area contributed by atoms with Gasteiger partial charge in [-0.05, 0) is 30.7 Å². The molecule has 0 saturated carbocycles. The number of nitrogens with two attached hydrogens (primary N) is 1. The lowest BCUT2D eigenvalue weighted by Crippen LogP contribution is -2.27. The predicted octanol–water partition coefficient (Wildman–Crippen LogP) is 3.46. The van der Waals surface area contributed by atoms with Gasteiger partial charge in [-0.2, -0.15) is 0 Å². The van der Waals surface area contributed by atoms with Crippen LogP contribution in [0.4, 0.5) is 0 Å². The van der Waals surface area contributed by atoms with Crippen molar-refractivity contribution < 1.29 is 18.1 Å². The fraction of sp³-hybridized carbons (Fsp3) is 0.250. The minimum absolute atomic E-state index is 0.207. The molecule has 0 aliphatic carbocycles. The van der Waals surface area contributed by atoms with E-state index in [9.17, 15) is 4.57 Å². The molecule has 0 atom stereocenters. The molecule has 0 fully saturated rings. The molecule has 0 radical (unpaired) electrons. The number of hydrogen-bond donors (Lipinski definition) is 1. The van der Waals surface area contributed by atoms with Crippen LogP contribution >= 0.6 is 7.82 Å². The van der Waals surface area contributed by atoms with Gasteiger partial charge in [-0.25, -0.2) is 4.57 Å². The van der Waals surface area contributed by atoms with Gasteiger partial charge in [-0.1, -0.05) is 36.4 Å². The molecule has 0 unspecified atom stereocenters. The summed E-state index contributed by atoms with van der Waals surface area (Å²) in [5.74, 6) is 6.37. The van der Waals surface area contributed by atoms with E-state index < -0.39 is 7.82 Å². The predicted molar refractivity (Wildman–Crippen MR) is 89.1 cm³/mol. The number of rotatable bonds is 9. The van der Waals surface area contributed by atoms with Crippen molar-refractivity contribution in [2.24, 2.45) is 5.84 Å². The van der Waals surface area contributed by atoms with Crippen molar-refractivity contribution >= 4 is 7.82 Å². The second-order valence-corrected chi connectivity index (χ2v) is 6.44. The SMILES string of the molecule is CN(N)CCCOP(=O)(Oc1ccccc1)Oc1ccccc1. The summed E-state index contributed by atoms with van der Waals surface area (Å²) >= 11 is 0. The van der Waals surface area contributed by atoms with Gasteiger partial charge in [0.25, 0.3) is 0 Å². The quantitative estimate of drug-likeness (QED) is 0.327. The number of para-hydroxylation sites is 2. The highest BCUT2D eigenvalue weighted by Gasteiger charge is 2.30. The Hall–Kier alpha value is -1.85. The van der Waals surface area contributed by atoms with Crippen LogP contribution in [0.1, 0.15) is 6.42 Å². The van der Waals surface area contributed by atoms with Crippen LogP contribution < -0.4 is 14.9 Å². The second-order valence-electron chi connectivity index (χ2n) is 4.92. The van der Waals surface area contributed by atoms with Gasteiger partial charge in [0.1, 0.15) is 11.5 Å². The monoisotopic (exact) mass is 336 g/mol. The lowest BCUT2D eigenvalue weighted by atomic mass is 10.3. The minimum atomic E-state index is -3.78. The Morgan fingerprint density at radius 2 is 1.43 bits per heavy atom. The van der Waals surface area contributed by atoms with Crippen molar-refractivity contribution in [1.29, 1.82) is 0 Å². The topological polar surface area (TPSA) is 74.0 Å². The van der Waals surface area contributed by atoms with Crippen LogP contribution in [-0.4, -0.2) is 25.2 Å². The van der Waals surface area contributed by atoms with E-state index in [0.29, 0.717) is 24.5 Å². The molecule has 7 heteroatoms. The summed E-state index contributed by atoms with van der Waals surface area (Å²) in [5.41, 5.74) is 0. The van der Waals surface area contributed by atoms with Crippen LogP contribution in [0.5, 0.6) is 11.5 Å². The largest absolute Gasteiger partial charge is 0.587 e. The molecule has 0 aliphatic rings. The molecule has 0 amide bonds. The first-order valence-corrected chi connectivity index (χ1v) is 8.73. The first kappa shape index (κ1) is 17.5. The number of hydrogen-bond acceptors (Lipinski definition) is 6. The first-order valence-electron chi connectivity index (χ1n) is 7.27. The maximum absolute atomic E-state index is 12.9. The van der Waals surface area contributed by atoms with Gasteiger partial charge in [-0.3, -0.25) is 15.4 Å². The van der Waals surface area contributed by atoms with Gasteiger partial charge in [0, 0.05) is 13.6 Å². The Morgan fingerprint density at radius 3 is 1.87 bits per heavy atom. The molecule has 0 aromatic heterocycles. The highest BCUT2D eigenvalue weighted by Crippen LogP contribution is 2.49. The number of nitrogens with zero attached hydrogens (tertiary/aromatic N) is 1. The Balaban J connectivity index is 2.05. The van der Waals surface area contributed by atoms with E-state index in [1.54, 1.807) is 55.6 Å². The number of benzene rings is 2. The molecule has 2 aromatic rings. The van der Waals surface area contributed by atoms with Crippen LogP contribution in [0.2, 0.25) is 0 Å². The van der Waals surface area contributed by atoms with Crippen LogP contribution in [0.15, 0.2) is 60.7 Å². The second kappa shape index (κ2) is 8.70. The molecule has 2 rings (SSSR count). The molecule has 2 N–H and O–H groups in total. The van der Waals surface area contributed by atoms with E-state index in [1.165, 1.54) is 5.01 Å². The van der Waals surface area contributed by atoms with Gasteiger partial charge in [-0.15, -0.1) is 0 Å². The fourth-order valence-corrected chi connectivity index (χ4v) is 3.04.